The van der Waals surface area contributed by atoms with Gasteiger partial charge in [-0.1, -0.05) is 0 Å². The van der Waals surface area contributed by atoms with Crippen LogP contribution < -0.4 is 16.0 Å². The lowest BCUT2D eigenvalue weighted by atomic mass is 10.00. The monoisotopic (exact) mass is 355 g/mol. The average Bonchev–Trinajstić information content (AvgIpc) is 2.44. The van der Waals surface area contributed by atoms with Gasteiger partial charge in [0.2, 0.25) is 5.91 Å². The van der Waals surface area contributed by atoms with E-state index in [0.717, 1.165) is 19.6 Å². The summed E-state index contributed by atoms with van der Waals surface area (Å²) >= 11 is 0. The van der Waals surface area contributed by atoms with Gasteiger partial charge in [0, 0.05) is 37.8 Å². The smallest absolute Gasteiger partial charge is 0.239 e. The van der Waals surface area contributed by atoms with E-state index in [-0.39, 0.29) is 35.7 Å². The molecule has 3 N–H and O–H groups in total. The highest BCUT2D eigenvalue weighted by Gasteiger charge is 2.33. The standard InChI is InChI=1S/C18H37N5O2/c1-13-10-23(11-14(2)25-13)18(6,7)12-21-16(19-8)20-9-15(24)22-17(3,4)5/h13-14H,9-12H2,1-8H3,(H,22,24)(H2,19,20,21). The summed E-state index contributed by atoms with van der Waals surface area (Å²) in [7, 11) is 1.71. The fourth-order valence-corrected chi connectivity index (χ4v) is 2.93. The van der Waals surface area contributed by atoms with E-state index in [1.807, 2.05) is 20.8 Å². The molecule has 0 saturated carbocycles. The van der Waals surface area contributed by atoms with Crippen LogP contribution in [0.15, 0.2) is 4.99 Å². The van der Waals surface area contributed by atoms with Gasteiger partial charge in [0.05, 0.1) is 18.8 Å². The van der Waals surface area contributed by atoms with Crippen molar-refractivity contribution >= 4 is 11.9 Å². The van der Waals surface area contributed by atoms with Crippen molar-refractivity contribution in [1.29, 1.82) is 0 Å². The van der Waals surface area contributed by atoms with Gasteiger partial charge < -0.3 is 20.7 Å². The van der Waals surface area contributed by atoms with Crippen molar-refractivity contribution in [2.24, 2.45) is 4.99 Å². The largest absolute Gasteiger partial charge is 0.373 e. The SMILES string of the molecule is CN=C(NCC(=O)NC(C)(C)C)NCC(C)(C)N1CC(C)OC(C)C1. The van der Waals surface area contributed by atoms with Gasteiger partial charge in [-0.05, 0) is 48.5 Å². The van der Waals surface area contributed by atoms with Crippen molar-refractivity contribution < 1.29 is 9.53 Å². The van der Waals surface area contributed by atoms with Crippen molar-refractivity contribution in [3.63, 3.8) is 0 Å². The molecule has 0 radical (unpaired) electrons. The fraction of sp³-hybridized carbons (Fsp3) is 0.889. The number of carbonyl (C=O) groups excluding carboxylic acids is 1. The molecule has 146 valence electrons. The molecule has 7 nitrogen and oxygen atoms in total. The Morgan fingerprint density at radius 2 is 1.68 bits per heavy atom. The molecule has 25 heavy (non-hydrogen) atoms. The van der Waals surface area contributed by atoms with Crippen LogP contribution in [0.2, 0.25) is 0 Å². The molecule has 7 heteroatoms. The number of hydrogen-bond donors (Lipinski definition) is 3. The molecule has 1 fully saturated rings. The molecule has 0 aromatic carbocycles. The van der Waals surface area contributed by atoms with Crippen LogP contribution in [-0.4, -0.2) is 73.3 Å². The van der Waals surface area contributed by atoms with Gasteiger partial charge in [-0.2, -0.15) is 0 Å². The fourth-order valence-electron chi connectivity index (χ4n) is 2.93. The zero-order valence-electron chi connectivity index (χ0n) is 17.2. The zero-order chi connectivity index (χ0) is 19.3. The van der Waals surface area contributed by atoms with E-state index in [1.54, 1.807) is 7.05 Å². The molecule has 0 aromatic rings. The highest BCUT2D eigenvalue weighted by molar-refractivity contribution is 5.86. The minimum atomic E-state index is -0.235. The van der Waals surface area contributed by atoms with Crippen LogP contribution in [-0.2, 0) is 9.53 Å². The van der Waals surface area contributed by atoms with E-state index in [0.29, 0.717) is 5.96 Å². The van der Waals surface area contributed by atoms with Gasteiger partial charge in [0.1, 0.15) is 0 Å². The Bertz CT molecular complexity index is 461. The normalized spacial score (nSPS) is 23.3. The summed E-state index contributed by atoms with van der Waals surface area (Å²) in [4.78, 5) is 18.6. The van der Waals surface area contributed by atoms with Crippen LogP contribution in [0.25, 0.3) is 0 Å². The van der Waals surface area contributed by atoms with Gasteiger partial charge in [0.15, 0.2) is 5.96 Å². The summed E-state index contributed by atoms with van der Waals surface area (Å²) in [5, 5.41) is 9.33. The van der Waals surface area contributed by atoms with Gasteiger partial charge in [-0.25, -0.2) is 0 Å². The number of guanidine groups is 1. The Labute approximate surface area is 153 Å². The van der Waals surface area contributed by atoms with Crippen molar-refractivity contribution in [3.8, 4) is 0 Å². The summed E-state index contributed by atoms with van der Waals surface area (Å²) in [5.41, 5.74) is -0.279. The number of ether oxygens (including phenoxy) is 1. The maximum absolute atomic E-state index is 11.9. The van der Waals surface area contributed by atoms with E-state index in [2.05, 4.69) is 53.5 Å². The van der Waals surface area contributed by atoms with Gasteiger partial charge in [-0.3, -0.25) is 14.7 Å². The summed E-state index contributed by atoms with van der Waals surface area (Å²) in [6.45, 7) is 17.3. The van der Waals surface area contributed by atoms with Gasteiger partial charge in [-0.15, -0.1) is 0 Å². The van der Waals surface area contributed by atoms with E-state index in [1.165, 1.54) is 0 Å². The third-order valence-electron chi connectivity index (χ3n) is 4.12. The van der Waals surface area contributed by atoms with E-state index in [9.17, 15) is 4.79 Å². The molecule has 1 heterocycles. The molecule has 0 aliphatic carbocycles. The van der Waals surface area contributed by atoms with Crippen LogP contribution in [0.3, 0.4) is 0 Å². The van der Waals surface area contributed by atoms with Crippen molar-refractivity contribution in [3.05, 3.63) is 0 Å². The third-order valence-corrected chi connectivity index (χ3v) is 4.12. The number of aliphatic imine (C=N–C) groups is 1. The Morgan fingerprint density at radius 3 is 2.16 bits per heavy atom. The Balaban J connectivity index is 2.49. The Kier molecular flexibility index (Phi) is 7.68. The molecular weight excluding hydrogens is 318 g/mol. The lowest BCUT2D eigenvalue weighted by Crippen LogP contribution is -2.59. The molecular formula is C18H37N5O2. The molecule has 1 aliphatic rings. The molecule has 1 amide bonds. The quantitative estimate of drug-likeness (QED) is 0.506. The summed E-state index contributed by atoms with van der Waals surface area (Å²) in [5.74, 6) is 0.581. The molecule has 1 rings (SSSR count). The number of nitrogens with zero attached hydrogens (tertiary/aromatic N) is 2. The second-order valence-electron chi connectivity index (χ2n) is 8.55. The van der Waals surface area contributed by atoms with Crippen LogP contribution in [0.4, 0.5) is 0 Å². The lowest BCUT2D eigenvalue weighted by molar-refractivity contribution is -0.121. The van der Waals surface area contributed by atoms with Crippen LogP contribution in [0, 0.1) is 0 Å². The topological polar surface area (TPSA) is 78.0 Å². The summed E-state index contributed by atoms with van der Waals surface area (Å²) in [6, 6.07) is 0. The molecule has 0 aromatic heterocycles. The highest BCUT2D eigenvalue weighted by atomic mass is 16.5. The third kappa shape index (κ3) is 8.05. The predicted molar refractivity (Wildman–Crippen MR) is 103 cm³/mol. The average molecular weight is 356 g/mol. The molecule has 0 bridgehead atoms. The van der Waals surface area contributed by atoms with Crippen LogP contribution in [0.1, 0.15) is 48.5 Å². The highest BCUT2D eigenvalue weighted by Crippen LogP contribution is 2.20. The van der Waals surface area contributed by atoms with E-state index >= 15 is 0 Å². The van der Waals surface area contributed by atoms with Gasteiger partial charge >= 0.3 is 0 Å². The number of nitrogens with one attached hydrogen (secondary N) is 3. The summed E-state index contributed by atoms with van der Waals surface area (Å²) in [6.07, 6.45) is 0.475. The van der Waals surface area contributed by atoms with Crippen molar-refractivity contribution in [2.45, 2.75) is 71.8 Å². The maximum Gasteiger partial charge on any atom is 0.239 e. The lowest BCUT2D eigenvalue weighted by Gasteiger charge is -2.45. The second kappa shape index (κ2) is 8.85. The predicted octanol–water partition coefficient (Wildman–Crippen LogP) is 0.954. The van der Waals surface area contributed by atoms with E-state index in [4.69, 9.17) is 4.74 Å². The Morgan fingerprint density at radius 1 is 1.12 bits per heavy atom. The maximum atomic E-state index is 11.9. The first-order chi connectivity index (χ1) is 11.4. The van der Waals surface area contributed by atoms with Crippen LogP contribution in [0.5, 0.6) is 0 Å². The van der Waals surface area contributed by atoms with Crippen molar-refractivity contribution in [2.75, 3.05) is 33.2 Å². The number of amides is 1. The number of hydrogen-bond acceptors (Lipinski definition) is 4. The van der Waals surface area contributed by atoms with Gasteiger partial charge in [0.25, 0.3) is 0 Å². The molecule has 0 spiro atoms. The number of rotatable bonds is 5. The zero-order valence-corrected chi connectivity index (χ0v) is 17.2. The second-order valence-corrected chi connectivity index (χ2v) is 8.55. The Hall–Kier alpha value is -1.34. The first kappa shape index (κ1) is 21.7. The van der Waals surface area contributed by atoms with E-state index < -0.39 is 0 Å². The molecule has 2 atom stereocenters. The minimum Gasteiger partial charge on any atom is -0.373 e. The first-order valence-electron chi connectivity index (χ1n) is 9.09. The van der Waals surface area contributed by atoms with Crippen LogP contribution >= 0.6 is 0 Å². The molecule has 2 unspecified atom stereocenters. The minimum absolute atomic E-state index is 0.0441. The molecule has 1 saturated heterocycles. The molecule has 1 aliphatic heterocycles. The first-order valence-corrected chi connectivity index (χ1v) is 9.09. The summed E-state index contributed by atoms with van der Waals surface area (Å²) < 4.78 is 5.82. The number of carbonyl (C=O) groups is 1. The number of morpholine rings is 1. The van der Waals surface area contributed by atoms with Crippen molar-refractivity contribution in [1.82, 2.24) is 20.9 Å².